The van der Waals surface area contributed by atoms with Crippen LogP contribution in [-0.4, -0.2) is 20.9 Å². The molecule has 0 spiro atoms. The lowest BCUT2D eigenvalue weighted by atomic mass is 10.3. The maximum atomic E-state index is 11.0. The molecule has 2 rings (SSSR count). The monoisotopic (exact) mass is 297 g/mol. The molecular formula is C11H9Cl2N5O. The Kier molecular flexibility index (Phi) is 4.13. The summed E-state index contributed by atoms with van der Waals surface area (Å²) < 4.78 is 0. The van der Waals surface area contributed by atoms with Crippen LogP contribution in [0.1, 0.15) is 6.92 Å². The highest BCUT2D eigenvalue weighted by molar-refractivity contribution is 6.31. The number of nitrogens with zero attached hydrogens (tertiary/aromatic N) is 3. The summed E-state index contributed by atoms with van der Waals surface area (Å²) in [5.74, 6) is 0.0772. The fourth-order valence-electron chi connectivity index (χ4n) is 1.39. The molecule has 0 unspecified atom stereocenters. The molecule has 1 heterocycles. The molecule has 6 nitrogen and oxygen atoms in total. The van der Waals surface area contributed by atoms with Gasteiger partial charge in [0.15, 0.2) is 0 Å². The molecule has 1 amide bonds. The second-order valence-corrected chi connectivity index (χ2v) is 4.26. The van der Waals surface area contributed by atoms with Gasteiger partial charge >= 0.3 is 0 Å². The molecule has 1 aromatic heterocycles. The lowest BCUT2D eigenvalue weighted by Gasteiger charge is -2.07. The van der Waals surface area contributed by atoms with E-state index in [-0.39, 0.29) is 22.4 Å². The van der Waals surface area contributed by atoms with Crippen molar-refractivity contribution in [2.24, 2.45) is 0 Å². The van der Waals surface area contributed by atoms with Crippen LogP contribution in [0.5, 0.6) is 0 Å². The number of anilines is 3. The third-order valence-electron chi connectivity index (χ3n) is 2.02. The average Bonchev–Trinajstić information content (AvgIpc) is 2.26. The van der Waals surface area contributed by atoms with E-state index in [2.05, 4.69) is 25.6 Å². The first-order chi connectivity index (χ1) is 9.02. The van der Waals surface area contributed by atoms with Crippen molar-refractivity contribution in [3.8, 4) is 0 Å². The third kappa shape index (κ3) is 4.04. The quantitative estimate of drug-likeness (QED) is 0.910. The smallest absolute Gasteiger partial charge is 0.232 e. The molecular weight excluding hydrogens is 289 g/mol. The number of hydrogen-bond acceptors (Lipinski definition) is 5. The zero-order valence-electron chi connectivity index (χ0n) is 9.82. The van der Waals surface area contributed by atoms with Gasteiger partial charge in [0.05, 0.1) is 0 Å². The predicted molar refractivity (Wildman–Crippen MR) is 73.9 cm³/mol. The van der Waals surface area contributed by atoms with Gasteiger partial charge in [-0.2, -0.15) is 15.0 Å². The van der Waals surface area contributed by atoms with Gasteiger partial charge in [-0.15, -0.1) is 0 Å². The highest BCUT2D eigenvalue weighted by atomic mass is 35.5. The number of carbonyl (C=O) groups excluding carboxylic acids is 1. The number of nitrogens with one attached hydrogen (secondary N) is 2. The summed E-state index contributed by atoms with van der Waals surface area (Å²) in [5, 5.41) is 5.59. The Hall–Kier alpha value is -1.92. The number of halogens is 2. The molecule has 0 saturated carbocycles. The average molecular weight is 298 g/mol. The van der Waals surface area contributed by atoms with Gasteiger partial charge in [-0.3, -0.25) is 4.79 Å². The summed E-state index contributed by atoms with van der Waals surface area (Å²) in [4.78, 5) is 22.4. The maximum Gasteiger partial charge on any atom is 0.232 e. The number of benzene rings is 1. The SMILES string of the molecule is CC(=O)Nc1cccc(Nc2nc(Cl)nc(Cl)n2)c1. The summed E-state index contributed by atoms with van der Waals surface area (Å²) in [6.45, 7) is 1.44. The number of carbonyl (C=O) groups is 1. The second-order valence-electron chi connectivity index (χ2n) is 3.58. The van der Waals surface area contributed by atoms with E-state index in [0.29, 0.717) is 11.4 Å². The van der Waals surface area contributed by atoms with Gasteiger partial charge in [0.1, 0.15) is 0 Å². The standard InChI is InChI=1S/C11H9Cl2N5O/c1-6(19)14-7-3-2-4-8(5-7)15-11-17-9(12)16-10(13)18-11/h2-5H,1H3,(H,14,19)(H,15,16,17,18). The number of aromatic nitrogens is 3. The van der Waals surface area contributed by atoms with E-state index >= 15 is 0 Å². The molecule has 8 heteroatoms. The van der Waals surface area contributed by atoms with Crippen molar-refractivity contribution in [3.05, 3.63) is 34.8 Å². The number of amides is 1. The molecule has 2 N–H and O–H groups in total. The van der Waals surface area contributed by atoms with E-state index in [0.717, 1.165) is 0 Å². The summed E-state index contributed by atoms with van der Waals surface area (Å²) in [7, 11) is 0. The first-order valence-electron chi connectivity index (χ1n) is 5.25. The lowest BCUT2D eigenvalue weighted by molar-refractivity contribution is -0.114. The number of hydrogen-bond donors (Lipinski definition) is 2. The third-order valence-corrected chi connectivity index (χ3v) is 2.36. The molecule has 0 aliphatic heterocycles. The van der Waals surface area contributed by atoms with Crippen molar-refractivity contribution in [2.45, 2.75) is 6.92 Å². The van der Waals surface area contributed by atoms with Gasteiger partial charge in [-0.25, -0.2) is 0 Å². The van der Waals surface area contributed by atoms with Crippen LogP contribution in [-0.2, 0) is 4.79 Å². The minimum Gasteiger partial charge on any atom is -0.326 e. The molecule has 0 bridgehead atoms. The zero-order chi connectivity index (χ0) is 13.8. The van der Waals surface area contributed by atoms with E-state index in [9.17, 15) is 4.79 Å². The van der Waals surface area contributed by atoms with Crippen LogP contribution in [0.15, 0.2) is 24.3 Å². The second kappa shape index (κ2) is 5.81. The van der Waals surface area contributed by atoms with Gasteiger partial charge in [0.2, 0.25) is 22.4 Å². The molecule has 0 aliphatic rings. The Labute approximate surface area is 119 Å². The Morgan fingerprint density at radius 3 is 2.37 bits per heavy atom. The van der Waals surface area contributed by atoms with Gasteiger partial charge in [-0.1, -0.05) is 6.07 Å². The van der Waals surface area contributed by atoms with Crippen molar-refractivity contribution in [1.82, 2.24) is 15.0 Å². The summed E-state index contributed by atoms with van der Waals surface area (Å²) in [6.07, 6.45) is 0. The predicted octanol–water partition coefficient (Wildman–Crippen LogP) is 2.88. The van der Waals surface area contributed by atoms with Crippen LogP contribution in [0.4, 0.5) is 17.3 Å². The van der Waals surface area contributed by atoms with E-state index in [1.54, 1.807) is 24.3 Å². The lowest BCUT2D eigenvalue weighted by Crippen LogP contribution is -2.06. The zero-order valence-corrected chi connectivity index (χ0v) is 11.3. The summed E-state index contributed by atoms with van der Waals surface area (Å²) >= 11 is 11.3. The molecule has 2 aromatic rings. The van der Waals surface area contributed by atoms with Crippen LogP contribution in [0.25, 0.3) is 0 Å². The molecule has 0 aliphatic carbocycles. The first-order valence-corrected chi connectivity index (χ1v) is 6.00. The van der Waals surface area contributed by atoms with E-state index in [1.807, 2.05) is 0 Å². The van der Waals surface area contributed by atoms with Gasteiger partial charge in [-0.05, 0) is 41.4 Å². The van der Waals surface area contributed by atoms with Crippen molar-refractivity contribution < 1.29 is 4.79 Å². The minimum absolute atomic E-state index is 0.000477. The highest BCUT2D eigenvalue weighted by Gasteiger charge is 2.04. The van der Waals surface area contributed by atoms with Crippen LogP contribution in [0.2, 0.25) is 10.6 Å². The van der Waals surface area contributed by atoms with Gasteiger partial charge < -0.3 is 10.6 Å². The normalized spacial score (nSPS) is 10.1. The summed E-state index contributed by atoms with van der Waals surface area (Å²) in [6, 6.07) is 7.06. The van der Waals surface area contributed by atoms with Crippen LogP contribution in [0.3, 0.4) is 0 Å². The van der Waals surface area contributed by atoms with E-state index < -0.39 is 0 Å². The van der Waals surface area contributed by atoms with Gasteiger partial charge in [0, 0.05) is 18.3 Å². The Balaban J connectivity index is 2.20. The minimum atomic E-state index is -0.150. The first kappa shape index (κ1) is 13.5. The van der Waals surface area contributed by atoms with Crippen molar-refractivity contribution in [2.75, 3.05) is 10.6 Å². The largest absolute Gasteiger partial charge is 0.326 e. The Bertz CT molecular complexity index is 600. The topological polar surface area (TPSA) is 79.8 Å². The molecule has 19 heavy (non-hydrogen) atoms. The van der Waals surface area contributed by atoms with Crippen molar-refractivity contribution >= 4 is 46.4 Å². The molecule has 0 radical (unpaired) electrons. The molecule has 1 aromatic carbocycles. The van der Waals surface area contributed by atoms with Crippen LogP contribution in [0, 0.1) is 0 Å². The molecule has 0 saturated heterocycles. The summed E-state index contributed by atoms with van der Waals surface area (Å²) in [5.41, 5.74) is 1.34. The van der Waals surface area contributed by atoms with E-state index in [1.165, 1.54) is 6.92 Å². The highest BCUT2D eigenvalue weighted by Crippen LogP contribution is 2.19. The fraction of sp³-hybridized carbons (Fsp3) is 0.0909. The van der Waals surface area contributed by atoms with Crippen LogP contribution >= 0.6 is 23.2 Å². The molecule has 0 fully saturated rings. The Morgan fingerprint density at radius 2 is 1.74 bits per heavy atom. The molecule has 98 valence electrons. The fourth-order valence-corrected chi connectivity index (χ4v) is 1.75. The maximum absolute atomic E-state index is 11.0. The number of rotatable bonds is 3. The molecule has 0 atom stereocenters. The van der Waals surface area contributed by atoms with Gasteiger partial charge in [0.25, 0.3) is 0 Å². The van der Waals surface area contributed by atoms with Crippen molar-refractivity contribution in [3.63, 3.8) is 0 Å². The van der Waals surface area contributed by atoms with E-state index in [4.69, 9.17) is 23.2 Å². The van der Waals surface area contributed by atoms with Crippen LogP contribution < -0.4 is 10.6 Å². The van der Waals surface area contributed by atoms with Crippen molar-refractivity contribution in [1.29, 1.82) is 0 Å². The Morgan fingerprint density at radius 1 is 1.11 bits per heavy atom.